The van der Waals surface area contributed by atoms with Crippen LogP contribution in [-0.4, -0.2) is 26.3 Å². The topological polar surface area (TPSA) is 70.3 Å². The van der Waals surface area contributed by atoms with Crippen molar-refractivity contribution in [2.45, 2.75) is 25.9 Å². The van der Waals surface area contributed by atoms with E-state index in [1.165, 1.54) is 0 Å². The summed E-state index contributed by atoms with van der Waals surface area (Å²) in [5.41, 5.74) is 0.546. The van der Waals surface area contributed by atoms with E-state index in [1.54, 1.807) is 30.7 Å². The number of rotatable bonds is 6. The van der Waals surface area contributed by atoms with E-state index < -0.39 is 0 Å². The maximum absolute atomic E-state index is 9.76. The van der Waals surface area contributed by atoms with E-state index in [1.807, 2.05) is 17.7 Å². The van der Waals surface area contributed by atoms with Crippen molar-refractivity contribution in [3.05, 3.63) is 42.5 Å². The Kier molecular flexibility index (Phi) is 4.41. The molecule has 0 aliphatic carbocycles. The Morgan fingerprint density at radius 2 is 2.05 bits per heavy atom. The molecule has 1 unspecified atom stereocenters. The van der Waals surface area contributed by atoms with Gasteiger partial charge in [-0.3, -0.25) is 0 Å². The molecule has 1 atom stereocenters. The molecule has 0 bridgehead atoms. The van der Waals surface area contributed by atoms with Gasteiger partial charge in [-0.05, 0) is 32.0 Å². The molecule has 0 spiro atoms. The lowest BCUT2D eigenvalue weighted by molar-refractivity contribution is 0.416. The van der Waals surface area contributed by atoms with Crippen LogP contribution in [0.2, 0.25) is 0 Å². The molecule has 0 aliphatic rings. The highest BCUT2D eigenvalue weighted by molar-refractivity contribution is 5.44. The monoisotopic (exact) mass is 261 g/mol. The molecule has 0 fully saturated rings. The molecule has 0 amide bonds. The highest BCUT2D eigenvalue weighted by atomic mass is 16.3. The van der Waals surface area contributed by atoms with Crippen molar-refractivity contribution in [1.29, 1.82) is 0 Å². The maximum atomic E-state index is 9.76. The molecule has 5 heteroatoms. The number of hydrogen-bond donors (Lipinski definition) is 3. The van der Waals surface area contributed by atoms with Crippen LogP contribution >= 0.6 is 0 Å². The van der Waals surface area contributed by atoms with Gasteiger partial charge in [0.15, 0.2) is 0 Å². The van der Waals surface area contributed by atoms with Gasteiger partial charge in [0, 0.05) is 25.0 Å². The van der Waals surface area contributed by atoms with Gasteiger partial charge in [-0.15, -0.1) is 0 Å². The van der Waals surface area contributed by atoms with Gasteiger partial charge in [0.25, 0.3) is 0 Å². The summed E-state index contributed by atoms with van der Waals surface area (Å²) in [6.45, 7) is 3.62. The van der Waals surface area contributed by atoms with Crippen molar-refractivity contribution >= 4 is 0 Å². The zero-order valence-electron chi connectivity index (χ0n) is 11.0. The van der Waals surface area contributed by atoms with Crippen molar-refractivity contribution < 1.29 is 10.2 Å². The van der Waals surface area contributed by atoms with Gasteiger partial charge >= 0.3 is 0 Å². The fraction of sp³-hybridized carbons (Fsp3) is 0.357. The SMILES string of the molecule is CC(NCCCn1ccnc1)c1c(O)cccc1O. The van der Waals surface area contributed by atoms with Crippen molar-refractivity contribution in [1.82, 2.24) is 14.9 Å². The Bertz CT molecular complexity index is 491. The van der Waals surface area contributed by atoms with Crippen molar-refractivity contribution in [2.24, 2.45) is 0 Å². The van der Waals surface area contributed by atoms with E-state index in [0.29, 0.717) is 5.56 Å². The van der Waals surface area contributed by atoms with Crippen LogP contribution < -0.4 is 5.32 Å². The summed E-state index contributed by atoms with van der Waals surface area (Å²) in [7, 11) is 0. The van der Waals surface area contributed by atoms with E-state index in [4.69, 9.17) is 0 Å². The molecule has 2 aromatic rings. The number of imidazole rings is 1. The molecular formula is C14H19N3O2. The highest BCUT2D eigenvalue weighted by Crippen LogP contribution is 2.31. The number of phenols is 2. The summed E-state index contributed by atoms with van der Waals surface area (Å²) < 4.78 is 2.02. The molecule has 1 aromatic heterocycles. The zero-order chi connectivity index (χ0) is 13.7. The first-order valence-corrected chi connectivity index (χ1v) is 6.38. The number of aromatic nitrogens is 2. The first-order valence-electron chi connectivity index (χ1n) is 6.38. The summed E-state index contributed by atoms with van der Waals surface area (Å²) in [5.74, 6) is 0.240. The molecule has 3 N–H and O–H groups in total. The zero-order valence-corrected chi connectivity index (χ0v) is 11.0. The van der Waals surface area contributed by atoms with Crippen LogP contribution in [-0.2, 0) is 6.54 Å². The van der Waals surface area contributed by atoms with Crippen LogP contribution in [0.25, 0.3) is 0 Å². The van der Waals surface area contributed by atoms with E-state index in [2.05, 4.69) is 10.3 Å². The first kappa shape index (κ1) is 13.4. The third-order valence-electron chi connectivity index (χ3n) is 3.10. The van der Waals surface area contributed by atoms with Gasteiger partial charge in [-0.25, -0.2) is 4.98 Å². The van der Waals surface area contributed by atoms with Crippen molar-refractivity contribution in [3.63, 3.8) is 0 Å². The lowest BCUT2D eigenvalue weighted by atomic mass is 10.1. The van der Waals surface area contributed by atoms with Crippen LogP contribution in [0.4, 0.5) is 0 Å². The molecule has 0 saturated heterocycles. The number of nitrogens with zero attached hydrogens (tertiary/aromatic N) is 2. The second-order valence-corrected chi connectivity index (χ2v) is 4.54. The molecule has 0 saturated carbocycles. The molecule has 1 aromatic carbocycles. The summed E-state index contributed by atoms with van der Waals surface area (Å²) in [4.78, 5) is 3.98. The quantitative estimate of drug-likeness (QED) is 0.696. The molecule has 0 radical (unpaired) electrons. The van der Waals surface area contributed by atoms with Gasteiger partial charge in [0.1, 0.15) is 11.5 Å². The molecule has 102 valence electrons. The predicted molar refractivity (Wildman–Crippen MR) is 73.0 cm³/mol. The van der Waals surface area contributed by atoms with Crippen molar-refractivity contribution in [3.8, 4) is 11.5 Å². The third kappa shape index (κ3) is 3.48. The van der Waals surface area contributed by atoms with Crippen molar-refractivity contribution in [2.75, 3.05) is 6.54 Å². The fourth-order valence-electron chi connectivity index (χ4n) is 2.09. The van der Waals surface area contributed by atoms with E-state index in [0.717, 1.165) is 19.5 Å². The van der Waals surface area contributed by atoms with Crippen LogP contribution in [0.15, 0.2) is 36.9 Å². The number of hydrogen-bond acceptors (Lipinski definition) is 4. The van der Waals surface area contributed by atoms with E-state index in [9.17, 15) is 10.2 Å². The Hall–Kier alpha value is -2.01. The summed E-state index contributed by atoms with van der Waals surface area (Å²) in [6, 6.07) is 4.70. The standard InChI is InChI=1S/C14H19N3O2/c1-11(14-12(18)4-2-5-13(14)19)16-6-3-8-17-9-7-15-10-17/h2,4-5,7,9-11,16,18-19H,3,6,8H2,1H3. The Balaban J connectivity index is 1.82. The largest absolute Gasteiger partial charge is 0.507 e. The van der Waals surface area contributed by atoms with Gasteiger partial charge in [-0.2, -0.15) is 0 Å². The van der Waals surface area contributed by atoms with Gasteiger partial charge in [0.05, 0.1) is 11.9 Å². The van der Waals surface area contributed by atoms with Crippen LogP contribution in [0.1, 0.15) is 24.9 Å². The fourth-order valence-corrected chi connectivity index (χ4v) is 2.09. The summed E-state index contributed by atoms with van der Waals surface area (Å²) in [5, 5.41) is 22.8. The Morgan fingerprint density at radius 3 is 2.68 bits per heavy atom. The highest BCUT2D eigenvalue weighted by Gasteiger charge is 2.13. The molecule has 5 nitrogen and oxygen atoms in total. The lowest BCUT2D eigenvalue weighted by Crippen LogP contribution is -2.21. The summed E-state index contributed by atoms with van der Waals surface area (Å²) in [6.07, 6.45) is 6.43. The van der Waals surface area contributed by atoms with Crippen LogP contribution in [0, 0.1) is 0 Å². The Morgan fingerprint density at radius 1 is 1.32 bits per heavy atom. The average Bonchev–Trinajstić information content (AvgIpc) is 2.87. The number of benzene rings is 1. The lowest BCUT2D eigenvalue weighted by Gasteiger charge is -2.16. The number of aryl methyl sites for hydroxylation is 1. The minimum absolute atomic E-state index is 0.0935. The summed E-state index contributed by atoms with van der Waals surface area (Å²) >= 11 is 0. The second-order valence-electron chi connectivity index (χ2n) is 4.54. The number of nitrogens with one attached hydrogen (secondary N) is 1. The normalized spacial score (nSPS) is 12.5. The van der Waals surface area contributed by atoms with Crippen LogP contribution in [0.5, 0.6) is 11.5 Å². The predicted octanol–water partition coefficient (Wildman–Crippen LogP) is 2.04. The Labute approximate surface area is 112 Å². The molecule has 1 heterocycles. The molecule has 19 heavy (non-hydrogen) atoms. The number of phenolic OH excluding ortho intramolecular Hbond substituents is 2. The maximum Gasteiger partial charge on any atom is 0.124 e. The minimum Gasteiger partial charge on any atom is -0.507 e. The average molecular weight is 261 g/mol. The van der Waals surface area contributed by atoms with E-state index in [-0.39, 0.29) is 17.5 Å². The molecular weight excluding hydrogens is 242 g/mol. The number of aromatic hydroxyl groups is 2. The van der Waals surface area contributed by atoms with Gasteiger partial charge in [0.2, 0.25) is 0 Å². The smallest absolute Gasteiger partial charge is 0.124 e. The third-order valence-corrected chi connectivity index (χ3v) is 3.10. The van der Waals surface area contributed by atoms with Gasteiger partial charge in [-0.1, -0.05) is 6.07 Å². The first-order chi connectivity index (χ1) is 9.18. The van der Waals surface area contributed by atoms with Crippen LogP contribution in [0.3, 0.4) is 0 Å². The van der Waals surface area contributed by atoms with E-state index >= 15 is 0 Å². The second kappa shape index (κ2) is 6.24. The minimum atomic E-state index is -0.0935. The van der Waals surface area contributed by atoms with Gasteiger partial charge < -0.3 is 20.1 Å². The molecule has 2 rings (SSSR count). The molecule has 0 aliphatic heterocycles.